The van der Waals surface area contributed by atoms with Gasteiger partial charge in [0, 0.05) is 31.9 Å². The topological polar surface area (TPSA) is 41.1 Å². The molecule has 0 bridgehead atoms. The zero-order chi connectivity index (χ0) is 13.1. The molecule has 1 saturated heterocycles. The predicted molar refractivity (Wildman–Crippen MR) is 74.5 cm³/mol. The molecule has 1 aromatic heterocycles. The lowest BCUT2D eigenvalue weighted by atomic mass is 9.92. The minimum Gasteiger partial charge on any atom is -0.373 e. The summed E-state index contributed by atoms with van der Waals surface area (Å²) in [4.78, 5) is 11.5. The Morgan fingerprint density at radius 1 is 1.28 bits per heavy atom. The van der Waals surface area contributed by atoms with Crippen LogP contribution in [0.15, 0.2) is 6.07 Å². The minimum absolute atomic E-state index is 0.780. The largest absolute Gasteiger partial charge is 0.373 e. The zero-order valence-electron chi connectivity index (χ0n) is 11.9. The van der Waals surface area contributed by atoms with Crippen LogP contribution in [0.5, 0.6) is 0 Å². The van der Waals surface area contributed by atoms with E-state index in [4.69, 9.17) is 0 Å². The molecule has 1 aliphatic heterocycles. The maximum Gasteiger partial charge on any atom is 0.144 e. The van der Waals surface area contributed by atoms with Crippen molar-refractivity contribution in [2.45, 2.75) is 33.7 Å². The average Bonchev–Trinajstić information content (AvgIpc) is 2.26. The van der Waals surface area contributed by atoms with Crippen molar-refractivity contribution in [2.75, 3.05) is 25.5 Å². The van der Waals surface area contributed by atoms with Gasteiger partial charge in [-0.25, -0.2) is 9.97 Å². The van der Waals surface area contributed by atoms with Crippen LogP contribution in [0.25, 0.3) is 0 Å². The van der Waals surface area contributed by atoms with Crippen molar-refractivity contribution < 1.29 is 0 Å². The average molecular weight is 248 g/mol. The second kappa shape index (κ2) is 5.65. The van der Waals surface area contributed by atoms with Crippen LogP contribution in [0.2, 0.25) is 0 Å². The fraction of sp³-hybridized carbons (Fsp3) is 0.714. The minimum atomic E-state index is 0.780. The van der Waals surface area contributed by atoms with Crippen molar-refractivity contribution in [1.82, 2.24) is 14.9 Å². The Kier molecular flexibility index (Phi) is 4.17. The Balaban J connectivity index is 2.06. The number of aromatic nitrogens is 2. The van der Waals surface area contributed by atoms with Gasteiger partial charge in [0.1, 0.15) is 11.6 Å². The predicted octanol–water partition coefficient (Wildman–Crippen LogP) is 2.30. The number of rotatable bonds is 3. The van der Waals surface area contributed by atoms with E-state index in [0.717, 1.165) is 48.8 Å². The van der Waals surface area contributed by atoms with Gasteiger partial charge < -0.3 is 5.32 Å². The highest BCUT2D eigenvalue weighted by Gasteiger charge is 2.22. The van der Waals surface area contributed by atoms with E-state index >= 15 is 0 Å². The van der Waals surface area contributed by atoms with Crippen LogP contribution in [0.1, 0.15) is 31.8 Å². The standard InChI is InChI=1S/C14H24N4/c1-10-5-11(2)8-18(7-10)9-14-16-12(3)6-13(15-4)17-14/h6,10-11H,5,7-9H2,1-4H3,(H,15,16,17). The third-order valence-corrected chi connectivity index (χ3v) is 3.47. The SMILES string of the molecule is CNc1cc(C)nc(CN2CC(C)CC(C)C2)n1. The van der Waals surface area contributed by atoms with Crippen LogP contribution < -0.4 is 5.32 Å². The molecule has 1 aromatic rings. The lowest BCUT2D eigenvalue weighted by molar-refractivity contribution is 0.131. The molecule has 1 fully saturated rings. The van der Waals surface area contributed by atoms with Crippen LogP contribution in [0, 0.1) is 18.8 Å². The van der Waals surface area contributed by atoms with Gasteiger partial charge in [0.05, 0.1) is 6.54 Å². The maximum atomic E-state index is 4.53. The Bertz CT molecular complexity index is 395. The first-order chi connectivity index (χ1) is 8.56. The number of hydrogen-bond acceptors (Lipinski definition) is 4. The maximum absolute atomic E-state index is 4.53. The molecule has 2 heterocycles. The Morgan fingerprint density at radius 3 is 2.56 bits per heavy atom. The van der Waals surface area contributed by atoms with Crippen molar-refractivity contribution in [2.24, 2.45) is 11.8 Å². The van der Waals surface area contributed by atoms with E-state index in [0.29, 0.717) is 0 Å². The number of nitrogens with one attached hydrogen (secondary N) is 1. The van der Waals surface area contributed by atoms with Gasteiger partial charge in [-0.05, 0) is 25.2 Å². The van der Waals surface area contributed by atoms with Gasteiger partial charge in [-0.1, -0.05) is 13.8 Å². The second-order valence-electron chi connectivity index (χ2n) is 5.70. The lowest BCUT2D eigenvalue weighted by Gasteiger charge is -2.34. The van der Waals surface area contributed by atoms with Crippen LogP contribution in [0.4, 0.5) is 5.82 Å². The third-order valence-electron chi connectivity index (χ3n) is 3.47. The van der Waals surface area contributed by atoms with E-state index in [-0.39, 0.29) is 0 Å². The first kappa shape index (κ1) is 13.3. The van der Waals surface area contributed by atoms with E-state index in [1.165, 1.54) is 6.42 Å². The molecular formula is C14H24N4. The molecule has 1 N–H and O–H groups in total. The first-order valence-electron chi connectivity index (χ1n) is 6.81. The zero-order valence-corrected chi connectivity index (χ0v) is 11.9. The monoisotopic (exact) mass is 248 g/mol. The van der Waals surface area contributed by atoms with Gasteiger partial charge in [-0.3, -0.25) is 4.90 Å². The fourth-order valence-corrected chi connectivity index (χ4v) is 2.95. The Hall–Kier alpha value is -1.16. The molecule has 0 saturated carbocycles. The number of aryl methyl sites for hydroxylation is 1. The molecule has 2 atom stereocenters. The molecule has 4 heteroatoms. The molecule has 2 rings (SSSR count). The quantitative estimate of drug-likeness (QED) is 0.891. The molecule has 100 valence electrons. The summed E-state index contributed by atoms with van der Waals surface area (Å²) in [6, 6.07) is 1.98. The molecule has 0 radical (unpaired) electrons. The molecular weight excluding hydrogens is 224 g/mol. The van der Waals surface area contributed by atoms with Crippen LogP contribution in [0.3, 0.4) is 0 Å². The number of likely N-dealkylation sites (tertiary alicyclic amines) is 1. The van der Waals surface area contributed by atoms with Crippen molar-refractivity contribution in [3.05, 3.63) is 17.6 Å². The Morgan fingerprint density at radius 2 is 1.94 bits per heavy atom. The molecule has 1 aliphatic rings. The number of piperidine rings is 1. The van der Waals surface area contributed by atoms with Gasteiger partial charge >= 0.3 is 0 Å². The van der Waals surface area contributed by atoms with Crippen LogP contribution >= 0.6 is 0 Å². The molecule has 0 aliphatic carbocycles. The summed E-state index contributed by atoms with van der Waals surface area (Å²) in [7, 11) is 1.90. The van der Waals surface area contributed by atoms with E-state index < -0.39 is 0 Å². The summed E-state index contributed by atoms with van der Waals surface area (Å²) in [6.45, 7) is 9.88. The summed E-state index contributed by atoms with van der Waals surface area (Å²) < 4.78 is 0. The number of anilines is 1. The smallest absolute Gasteiger partial charge is 0.144 e. The molecule has 18 heavy (non-hydrogen) atoms. The van der Waals surface area contributed by atoms with Crippen molar-refractivity contribution in [3.63, 3.8) is 0 Å². The Labute approximate surface area is 110 Å². The lowest BCUT2D eigenvalue weighted by Crippen LogP contribution is -2.38. The molecule has 0 aromatic carbocycles. The van der Waals surface area contributed by atoms with Gasteiger partial charge in [-0.2, -0.15) is 0 Å². The summed E-state index contributed by atoms with van der Waals surface area (Å²) in [5.74, 6) is 3.40. The number of hydrogen-bond donors (Lipinski definition) is 1. The van der Waals surface area contributed by atoms with Crippen LogP contribution in [-0.4, -0.2) is 35.0 Å². The molecule has 2 unspecified atom stereocenters. The highest BCUT2D eigenvalue weighted by Crippen LogP contribution is 2.22. The summed E-state index contributed by atoms with van der Waals surface area (Å²) in [6.07, 6.45) is 1.34. The normalized spacial score (nSPS) is 25.1. The van der Waals surface area contributed by atoms with E-state index in [1.54, 1.807) is 0 Å². The molecule has 4 nitrogen and oxygen atoms in total. The fourth-order valence-electron chi connectivity index (χ4n) is 2.95. The van der Waals surface area contributed by atoms with Gasteiger partial charge in [0.15, 0.2) is 0 Å². The van der Waals surface area contributed by atoms with Crippen molar-refractivity contribution in [3.8, 4) is 0 Å². The van der Waals surface area contributed by atoms with Gasteiger partial charge in [-0.15, -0.1) is 0 Å². The second-order valence-corrected chi connectivity index (χ2v) is 5.70. The first-order valence-corrected chi connectivity index (χ1v) is 6.81. The highest BCUT2D eigenvalue weighted by atomic mass is 15.2. The highest BCUT2D eigenvalue weighted by molar-refractivity contribution is 5.34. The van der Waals surface area contributed by atoms with E-state index in [2.05, 4.69) is 34.0 Å². The van der Waals surface area contributed by atoms with Crippen molar-refractivity contribution >= 4 is 5.82 Å². The number of nitrogens with zero attached hydrogens (tertiary/aromatic N) is 3. The summed E-state index contributed by atoms with van der Waals surface area (Å²) in [5, 5.41) is 3.09. The third kappa shape index (κ3) is 3.42. The van der Waals surface area contributed by atoms with Gasteiger partial charge in [0.2, 0.25) is 0 Å². The van der Waals surface area contributed by atoms with E-state index in [1.807, 2.05) is 20.0 Å². The van der Waals surface area contributed by atoms with Gasteiger partial charge in [0.25, 0.3) is 0 Å². The molecule has 0 amide bonds. The molecule has 0 spiro atoms. The summed E-state index contributed by atoms with van der Waals surface area (Å²) >= 11 is 0. The van der Waals surface area contributed by atoms with E-state index in [9.17, 15) is 0 Å². The van der Waals surface area contributed by atoms with Crippen molar-refractivity contribution in [1.29, 1.82) is 0 Å². The summed E-state index contributed by atoms with van der Waals surface area (Å²) in [5.41, 5.74) is 1.03. The van der Waals surface area contributed by atoms with Crippen LogP contribution in [-0.2, 0) is 6.54 Å².